The van der Waals surface area contributed by atoms with Gasteiger partial charge in [0, 0.05) is 24.6 Å². The second kappa shape index (κ2) is 18.0. The number of hydrogen-bond donors (Lipinski definition) is 6. The summed E-state index contributed by atoms with van der Waals surface area (Å²) in [5.74, 6) is -4.74. The average Bonchev–Trinajstić information content (AvgIpc) is 3.01. The van der Waals surface area contributed by atoms with Crippen molar-refractivity contribution in [3.8, 4) is 5.75 Å². The van der Waals surface area contributed by atoms with Crippen LogP contribution in [0.15, 0.2) is 48.5 Å². The van der Waals surface area contributed by atoms with Crippen LogP contribution in [-0.2, 0) is 30.4 Å². The van der Waals surface area contributed by atoms with Gasteiger partial charge in [-0.25, -0.2) is 0 Å². The summed E-state index contributed by atoms with van der Waals surface area (Å²) in [5.41, 5.74) is 5.49. The first kappa shape index (κ1) is 36.3. The van der Waals surface area contributed by atoms with E-state index in [0.717, 1.165) is 18.4 Å². The topological polar surface area (TPSA) is 184 Å². The van der Waals surface area contributed by atoms with E-state index in [2.05, 4.69) is 32.1 Å². The number of hydrazine groups is 1. The van der Waals surface area contributed by atoms with Gasteiger partial charge in [0.1, 0.15) is 17.8 Å². The first-order valence-corrected chi connectivity index (χ1v) is 14.9. The zero-order valence-electron chi connectivity index (χ0n) is 26.6. The van der Waals surface area contributed by atoms with Crippen LogP contribution in [0.3, 0.4) is 0 Å². The van der Waals surface area contributed by atoms with Crippen molar-refractivity contribution in [2.75, 3.05) is 19.0 Å². The molecule has 0 spiro atoms. The van der Waals surface area contributed by atoms with Gasteiger partial charge in [-0.2, -0.15) is 0 Å². The molecule has 0 saturated heterocycles. The van der Waals surface area contributed by atoms with Crippen molar-refractivity contribution in [1.29, 1.82) is 0 Å². The molecule has 13 nitrogen and oxygen atoms in total. The number of amides is 6. The van der Waals surface area contributed by atoms with Crippen LogP contribution in [0.2, 0.25) is 0 Å². The van der Waals surface area contributed by atoms with Crippen LogP contribution in [0.25, 0.3) is 0 Å². The van der Waals surface area contributed by atoms with Crippen LogP contribution in [0.5, 0.6) is 5.75 Å². The van der Waals surface area contributed by atoms with Gasteiger partial charge in [-0.1, -0.05) is 71.4 Å². The molecule has 2 aromatic rings. The van der Waals surface area contributed by atoms with Gasteiger partial charge in [-0.3, -0.25) is 39.6 Å². The van der Waals surface area contributed by atoms with E-state index in [1.807, 2.05) is 37.3 Å². The molecule has 2 aromatic carbocycles. The van der Waals surface area contributed by atoms with Gasteiger partial charge in [-0.15, -0.1) is 0 Å². The minimum atomic E-state index is -1.04. The highest BCUT2D eigenvalue weighted by molar-refractivity contribution is 6.40. The molecular weight excluding hydrogens is 580 g/mol. The Morgan fingerprint density at radius 3 is 2.09 bits per heavy atom. The minimum Gasteiger partial charge on any atom is -0.496 e. The van der Waals surface area contributed by atoms with Crippen molar-refractivity contribution in [1.82, 2.24) is 26.8 Å². The molecular formula is C32H44N6O7. The molecule has 0 radical (unpaired) electrons. The van der Waals surface area contributed by atoms with Crippen molar-refractivity contribution in [3.05, 3.63) is 59.7 Å². The summed E-state index contributed by atoms with van der Waals surface area (Å²) in [7, 11) is 1.34. The highest BCUT2D eigenvalue weighted by atomic mass is 16.5. The lowest BCUT2D eigenvalue weighted by Gasteiger charge is -2.21. The Morgan fingerprint density at radius 1 is 0.800 bits per heavy atom. The first-order chi connectivity index (χ1) is 21.4. The zero-order valence-corrected chi connectivity index (χ0v) is 26.6. The number of anilines is 1. The normalized spacial score (nSPS) is 12.0. The van der Waals surface area contributed by atoms with Crippen LogP contribution in [0, 0.1) is 11.8 Å². The number of benzene rings is 2. The van der Waals surface area contributed by atoms with Gasteiger partial charge in [0.05, 0.1) is 12.7 Å². The molecule has 0 unspecified atom stereocenters. The summed E-state index contributed by atoms with van der Waals surface area (Å²) in [6.07, 6.45) is 1.86. The molecule has 0 aliphatic heterocycles. The summed E-state index contributed by atoms with van der Waals surface area (Å²) in [4.78, 5) is 76.3. The maximum absolute atomic E-state index is 13.1. The molecule has 13 heteroatoms. The number of nitrogens with one attached hydrogen (secondary N) is 6. The summed E-state index contributed by atoms with van der Waals surface area (Å²) >= 11 is 0. The number of hydrogen-bond acceptors (Lipinski definition) is 7. The number of ether oxygens (including phenoxy) is 1. The van der Waals surface area contributed by atoms with E-state index >= 15 is 0 Å². The zero-order chi connectivity index (χ0) is 33.5. The fourth-order valence-corrected chi connectivity index (χ4v) is 4.06. The predicted octanol–water partition coefficient (Wildman–Crippen LogP) is 1.84. The number of carbonyl (C=O) groups excluding carboxylic acids is 6. The van der Waals surface area contributed by atoms with Crippen LogP contribution in [0.4, 0.5) is 5.69 Å². The van der Waals surface area contributed by atoms with Crippen LogP contribution < -0.4 is 36.9 Å². The van der Waals surface area contributed by atoms with Crippen molar-refractivity contribution >= 4 is 41.1 Å². The molecule has 2 rings (SSSR count). The molecule has 0 aliphatic carbocycles. The van der Waals surface area contributed by atoms with Crippen molar-refractivity contribution in [2.24, 2.45) is 11.8 Å². The Balaban J connectivity index is 2.11. The molecule has 244 valence electrons. The Kier molecular flexibility index (Phi) is 14.5. The molecule has 45 heavy (non-hydrogen) atoms. The third-order valence-electron chi connectivity index (χ3n) is 6.71. The highest BCUT2D eigenvalue weighted by Crippen LogP contribution is 2.22. The van der Waals surface area contributed by atoms with Crippen LogP contribution in [-0.4, -0.2) is 61.2 Å². The predicted molar refractivity (Wildman–Crippen MR) is 169 cm³/mol. The van der Waals surface area contributed by atoms with Gasteiger partial charge < -0.3 is 26.0 Å². The summed E-state index contributed by atoms with van der Waals surface area (Å²) in [6.45, 7) is 9.34. The van der Waals surface area contributed by atoms with E-state index in [1.165, 1.54) is 25.3 Å². The van der Waals surface area contributed by atoms with E-state index < -0.39 is 35.7 Å². The largest absolute Gasteiger partial charge is 0.496 e. The van der Waals surface area contributed by atoms with E-state index in [-0.39, 0.29) is 47.1 Å². The Labute approximate surface area is 263 Å². The maximum atomic E-state index is 13.1. The van der Waals surface area contributed by atoms with Gasteiger partial charge >= 0.3 is 11.8 Å². The summed E-state index contributed by atoms with van der Waals surface area (Å²) < 4.78 is 5.26. The summed E-state index contributed by atoms with van der Waals surface area (Å²) in [5, 5.41) is 10.3. The fraction of sp³-hybridized carbons (Fsp3) is 0.438. The van der Waals surface area contributed by atoms with Crippen LogP contribution in [0.1, 0.15) is 63.4 Å². The van der Waals surface area contributed by atoms with E-state index in [0.29, 0.717) is 6.54 Å². The van der Waals surface area contributed by atoms with E-state index in [4.69, 9.17) is 4.74 Å². The smallest absolute Gasteiger partial charge is 0.313 e. The molecule has 6 amide bonds. The van der Waals surface area contributed by atoms with Gasteiger partial charge in [0.2, 0.25) is 11.8 Å². The third-order valence-corrected chi connectivity index (χ3v) is 6.71. The number of methoxy groups -OCH3 is 1. The molecule has 0 saturated carbocycles. The SMILES string of the molecule is CCCCNC(=O)[C@@H](NC(=O)C(=O)Nc1ccc(OC)c(C(=O)NNC(=O)[C@H](Cc2ccccc2)NC(=O)C(C)C)c1)C(C)C. The third kappa shape index (κ3) is 11.6. The average molecular weight is 625 g/mol. The second-order valence-corrected chi connectivity index (χ2v) is 11.1. The second-order valence-electron chi connectivity index (χ2n) is 11.1. The molecule has 0 heterocycles. The number of rotatable bonds is 14. The standard InChI is InChI=1S/C32H44N6O7/c1-7-8-16-33-30(42)26(19(2)3)36-32(44)31(43)34-22-14-15-25(45-6)23(18-22)28(40)37-38-29(41)24(35-27(39)20(4)5)17-21-12-10-9-11-13-21/h9-15,18-20,24,26H,7-8,16-17H2,1-6H3,(H,33,42)(H,34,43)(H,35,39)(H,36,44)(H,37,40)(H,38,41)/t24-,26-/m0/s1. The molecule has 0 aliphatic rings. The fourth-order valence-electron chi connectivity index (χ4n) is 4.06. The molecule has 0 bridgehead atoms. The first-order valence-electron chi connectivity index (χ1n) is 14.9. The lowest BCUT2D eigenvalue weighted by atomic mass is 10.0. The lowest BCUT2D eigenvalue weighted by molar-refractivity contribution is -0.138. The van der Waals surface area contributed by atoms with E-state index in [1.54, 1.807) is 27.7 Å². The maximum Gasteiger partial charge on any atom is 0.313 e. The quantitative estimate of drug-likeness (QED) is 0.105. The minimum absolute atomic E-state index is 0.0582. The Hall–Kier alpha value is -4.94. The van der Waals surface area contributed by atoms with Crippen molar-refractivity contribution in [3.63, 3.8) is 0 Å². The van der Waals surface area contributed by atoms with Gasteiger partial charge in [0.25, 0.3) is 11.8 Å². The monoisotopic (exact) mass is 624 g/mol. The molecule has 0 aromatic heterocycles. The molecule has 0 fully saturated rings. The van der Waals surface area contributed by atoms with Crippen molar-refractivity contribution < 1.29 is 33.5 Å². The number of carbonyl (C=O) groups is 6. The Bertz CT molecular complexity index is 1350. The van der Waals surface area contributed by atoms with E-state index in [9.17, 15) is 28.8 Å². The number of unbranched alkanes of at least 4 members (excludes halogenated alkanes) is 1. The van der Waals surface area contributed by atoms with Crippen LogP contribution >= 0.6 is 0 Å². The highest BCUT2D eigenvalue weighted by Gasteiger charge is 2.27. The molecule has 6 N–H and O–H groups in total. The summed E-state index contributed by atoms with van der Waals surface area (Å²) in [6, 6.07) is 11.3. The van der Waals surface area contributed by atoms with Gasteiger partial charge in [-0.05, 0) is 36.1 Å². The van der Waals surface area contributed by atoms with Gasteiger partial charge in [0.15, 0.2) is 0 Å². The molecule has 2 atom stereocenters. The van der Waals surface area contributed by atoms with Crippen molar-refractivity contribution in [2.45, 2.75) is 66.0 Å². The lowest BCUT2D eigenvalue weighted by Crippen LogP contribution is -2.53. The Morgan fingerprint density at radius 2 is 1.49 bits per heavy atom.